The van der Waals surface area contributed by atoms with Crippen molar-refractivity contribution in [3.8, 4) is 5.75 Å². The van der Waals surface area contributed by atoms with Crippen molar-refractivity contribution in [3.05, 3.63) is 29.3 Å². The Hall–Kier alpha value is 0.140. The number of ether oxygens (including phenoxy) is 1. The van der Waals surface area contributed by atoms with Crippen LogP contribution in [0, 0.1) is 6.92 Å². The first-order valence-corrected chi connectivity index (χ1v) is 6.19. The molecule has 0 aliphatic heterocycles. The van der Waals surface area contributed by atoms with E-state index in [4.69, 9.17) is 7.80 Å². The zero-order chi connectivity index (χ0) is 11.5. The molecule has 0 amide bonds. The number of hydrogen-bond acceptors (Lipinski definition) is 2. The van der Waals surface area contributed by atoms with Crippen LogP contribution in [0.15, 0.2) is 18.2 Å². The van der Waals surface area contributed by atoms with Crippen LogP contribution >= 0.6 is 32.2 Å². The highest BCUT2D eigenvalue weighted by Crippen LogP contribution is 2.25. The van der Waals surface area contributed by atoms with E-state index < -0.39 is 0 Å². The first kappa shape index (κ1) is 13.2. The molecule has 84 valence electrons. The third kappa shape index (κ3) is 4.66. The van der Waals surface area contributed by atoms with Gasteiger partial charge in [0.25, 0.3) is 0 Å². The van der Waals surface area contributed by atoms with E-state index in [-0.39, 0.29) is 5.34 Å². The van der Waals surface area contributed by atoms with Gasteiger partial charge in [-0.05, 0) is 44.0 Å². The summed E-state index contributed by atoms with van der Waals surface area (Å²) < 4.78 is 10.9. The van der Waals surface area contributed by atoms with Gasteiger partial charge in [0.2, 0.25) is 0 Å². The molecule has 2 nitrogen and oxygen atoms in total. The van der Waals surface area contributed by atoms with Crippen LogP contribution in [0.25, 0.3) is 0 Å². The SMILES string of the molecule is Cc1ccc(OC(C)(C)P)cc1COI. The van der Waals surface area contributed by atoms with Crippen LogP contribution in [0.3, 0.4) is 0 Å². The van der Waals surface area contributed by atoms with Gasteiger partial charge < -0.3 is 7.80 Å². The number of benzene rings is 1. The smallest absolute Gasteiger partial charge is 0.121 e. The molecule has 1 aromatic carbocycles. The van der Waals surface area contributed by atoms with Gasteiger partial charge in [-0.3, -0.25) is 0 Å². The average Bonchev–Trinajstić information content (AvgIpc) is 2.09. The van der Waals surface area contributed by atoms with E-state index >= 15 is 0 Å². The van der Waals surface area contributed by atoms with Crippen molar-refractivity contribution < 1.29 is 7.80 Å². The number of hydrogen-bond donors (Lipinski definition) is 0. The molecule has 0 saturated heterocycles. The summed E-state index contributed by atoms with van der Waals surface area (Å²) in [4.78, 5) is 0. The van der Waals surface area contributed by atoms with Crippen molar-refractivity contribution in [3.63, 3.8) is 0 Å². The molecule has 1 unspecified atom stereocenters. The maximum Gasteiger partial charge on any atom is 0.121 e. The van der Waals surface area contributed by atoms with Crippen LogP contribution in [0.4, 0.5) is 0 Å². The van der Waals surface area contributed by atoms with Crippen LogP contribution in [0.1, 0.15) is 25.0 Å². The second kappa shape index (κ2) is 5.46. The van der Waals surface area contributed by atoms with Gasteiger partial charge in [0, 0.05) is 0 Å². The van der Waals surface area contributed by atoms with Gasteiger partial charge in [-0.2, -0.15) is 0 Å². The van der Waals surface area contributed by atoms with Gasteiger partial charge in [-0.1, -0.05) is 15.3 Å². The van der Waals surface area contributed by atoms with E-state index in [0.29, 0.717) is 6.61 Å². The van der Waals surface area contributed by atoms with Crippen LogP contribution in [-0.2, 0) is 9.67 Å². The molecule has 1 aromatic rings. The predicted octanol–water partition coefficient (Wildman–Crippen LogP) is 3.85. The monoisotopic (exact) mass is 338 g/mol. The van der Waals surface area contributed by atoms with E-state index in [1.54, 1.807) is 0 Å². The van der Waals surface area contributed by atoms with Gasteiger partial charge in [-0.15, -0.1) is 0 Å². The van der Waals surface area contributed by atoms with Crippen molar-refractivity contribution in [2.45, 2.75) is 32.7 Å². The third-order valence-electron chi connectivity index (χ3n) is 1.91. The lowest BCUT2D eigenvalue weighted by atomic mass is 10.1. The van der Waals surface area contributed by atoms with Gasteiger partial charge in [0.1, 0.15) is 34.1 Å². The quantitative estimate of drug-likeness (QED) is 0.613. The van der Waals surface area contributed by atoms with Crippen LogP contribution in [0.5, 0.6) is 5.75 Å². The summed E-state index contributed by atoms with van der Waals surface area (Å²) in [6.07, 6.45) is 0. The second-order valence-corrected chi connectivity index (χ2v) is 6.06. The number of aryl methyl sites for hydroxylation is 1. The van der Waals surface area contributed by atoms with E-state index in [2.05, 4.69) is 22.2 Å². The Morgan fingerprint density at radius 3 is 2.60 bits per heavy atom. The summed E-state index contributed by atoms with van der Waals surface area (Å²) in [5, 5.41) is -0.238. The summed E-state index contributed by atoms with van der Waals surface area (Å²) >= 11 is 1.90. The normalized spacial score (nSPS) is 11.5. The molecule has 0 radical (unpaired) electrons. The summed E-state index contributed by atoms with van der Waals surface area (Å²) in [7, 11) is 2.66. The van der Waals surface area contributed by atoms with Crippen molar-refractivity contribution in [2.75, 3.05) is 0 Å². The minimum Gasteiger partial charge on any atom is -0.484 e. The summed E-state index contributed by atoms with van der Waals surface area (Å²) in [6, 6.07) is 6.06. The molecule has 1 rings (SSSR count). The molecule has 15 heavy (non-hydrogen) atoms. The lowest BCUT2D eigenvalue weighted by Crippen LogP contribution is -2.18. The highest BCUT2D eigenvalue weighted by Gasteiger charge is 2.12. The van der Waals surface area contributed by atoms with Gasteiger partial charge in [0.05, 0.1) is 6.61 Å². The standard InChI is InChI=1S/C11H16IO2P/c1-8-4-5-10(14-11(2,3)15)6-9(8)7-13-12/h4-6H,7,15H2,1-3H3. The van der Waals surface area contributed by atoms with E-state index in [0.717, 1.165) is 11.3 Å². The molecule has 0 spiro atoms. The predicted molar refractivity (Wildman–Crippen MR) is 74.4 cm³/mol. The fraction of sp³-hybridized carbons (Fsp3) is 0.455. The van der Waals surface area contributed by atoms with Crippen LogP contribution in [-0.4, -0.2) is 5.34 Å². The largest absolute Gasteiger partial charge is 0.484 e. The molecule has 0 aliphatic carbocycles. The van der Waals surface area contributed by atoms with E-state index in [1.165, 1.54) is 5.56 Å². The first-order chi connectivity index (χ1) is 6.92. The minimum absolute atomic E-state index is 0.238. The molecule has 0 saturated carbocycles. The lowest BCUT2D eigenvalue weighted by Gasteiger charge is -2.21. The van der Waals surface area contributed by atoms with Crippen LogP contribution in [0.2, 0.25) is 0 Å². The van der Waals surface area contributed by atoms with Crippen molar-refractivity contribution >= 4 is 32.2 Å². The van der Waals surface area contributed by atoms with Crippen molar-refractivity contribution in [2.24, 2.45) is 0 Å². The summed E-state index contributed by atoms with van der Waals surface area (Å²) in [6.45, 7) is 6.69. The Labute approximate surface area is 108 Å². The maximum atomic E-state index is 5.75. The molecular formula is C11H16IO2P. The third-order valence-corrected chi connectivity index (χ3v) is 2.34. The first-order valence-electron chi connectivity index (χ1n) is 4.73. The molecule has 0 aliphatic rings. The molecule has 4 heteroatoms. The van der Waals surface area contributed by atoms with Crippen LogP contribution < -0.4 is 4.74 Å². The average molecular weight is 338 g/mol. The molecular weight excluding hydrogens is 322 g/mol. The Kier molecular flexibility index (Phi) is 4.81. The number of halogens is 1. The highest BCUT2D eigenvalue weighted by atomic mass is 127. The number of rotatable bonds is 4. The minimum atomic E-state index is -0.238. The maximum absolute atomic E-state index is 5.75. The van der Waals surface area contributed by atoms with E-state index in [9.17, 15) is 0 Å². The highest BCUT2D eigenvalue weighted by molar-refractivity contribution is 14.1. The Balaban J connectivity index is 2.87. The zero-order valence-corrected chi connectivity index (χ0v) is 12.5. The molecule has 0 heterocycles. The lowest BCUT2D eigenvalue weighted by molar-refractivity contribution is 0.205. The summed E-state index contributed by atoms with van der Waals surface area (Å²) in [5.41, 5.74) is 2.39. The molecule has 0 bridgehead atoms. The van der Waals surface area contributed by atoms with Crippen molar-refractivity contribution in [1.82, 2.24) is 0 Å². The molecule has 0 fully saturated rings. The Morgan fingerprint density at radius 2 is 2.07 bits per heavy atom. The molecule has 0 N–H and O–H groups in total. The fourth-order valence-corrected chi connectivity index (χ4v) is 1.70. The topological polar surface area (TPSA) is 18.5 Å². The van der Waals surface area contributed by atoms with Gasteiger partial charge in [0.15, 0.2) is 0 Å². The van der Waals surface area contributed by atoms with Crippen molar-refractivity contribution in [1.29, 1.82) is 0 Å². The second-order valence-electron chi connectivity index (χ2n) is 4.05. The Morgan fingerprint density at radius 1 is 1.40 bits per heavy atom. The molecule has 0 aromatic heterocycles. The fourth-order valence-electron chi connectivity index (χ4n) is 1.23. The Bertz CT molecular complexity index is 334. The van der Waals surface area contributed by atoms with Gasteiger partial charge in [-0.25, -0.2) is 0 Å². The summed E-state index contributed by atoms with van der Waals surface area (Å²) in [5.74, 6) is 0.879. The van der Waals surface area contributed by atoms with Gasteiger partial charge >= 0.3 is 0 Å². The zero-order valence-electron chi connectivity index (χ0n) is 9.21. The molecule has 1 atom stereocenters. The van der Waals surface area contributed by atoms with E-state index in [1.807, 2.05) is 49.0 Å².